The Hall–Kier alpha value is -6.38. The molecular weight excluding hydrogens is 617 g/mol. The van der Waals surface area contributed by atoms with Gasteiger partial charge in [-0.2, -0.15) is 0 Å². The van der Waals surface area contributed by atoms with Crippen molar-refractivity contribution in [1.82, 2.24) is 4.57 Å². The number of aryl methyl sites for hydroxylation is 2. The SMILES string of the molecule is Cc1ccc(N(c2ccc(C)cc2)c2cc3c4c(ccc5c4c4c(cccc4n5-c4ccccc4)C34c3ccccc3-c3ccccc34)c2)cc1. The molecular formula is C49H34N2. The molecule has 1 aromatic heterocycles. The van der Waals surface area contributed by atoms with Gasteiger partial charge in [-0.15, -0.1) is 0 Å². The van der Waals surface area contributed by atoms with E-state index in [1.165, 1.54) is 82.8 Å². The Morgan fingerprint density at radius 2 is 0.980 bits per heavy atom. The molecule has 1 heterocycles. The minimum atomic E-state index is -0.503. The maximum Gasteiger partial charge on any atom is 0.0727 e. The first-order valence-electron chi connectivity index (χ1n) is 17.9. The predicted molar refractivity (Wildman–Crippen MR) is 213 cm³/mol. The van der Waals surface area contributed by atoms with Crippen molar-refractivity contribution in [3.8, 4) is 16.8 Å². The van der Waals surface area contributed by atoms with Crippen LogP contribution in [0.25, 0.3) is 49.4 Å². The van der Waals surface area contributed by atoms with Crippen LogP contribution in [0.3, 0.4) is 0 Å². The molecule has 11 rings (SSSR count). The van der Waals surface area contributed by atoms with Crippen LogP contribution in [-0.2, 0) is 5.41 Å². The maximum atomic E-state index is 2.52. The van der Waals surface area contributed by atoms with E-state index >= 15 is 0 Å². The lowest BCUT2D eigenvalue weighted by atomic mass is 9.63. The van der Waals surface area contributed by atoms with Gasteiger partial charge in [0.2, 0.25) is 0 Å². The molecule has 1 spiro atoms. The Kier molecular flexibility index (Phi) is 5.76. The van der Waals surface area contributed by atoms with Crippen molar-refractivity contribution in [2.24, 2.45) is 0 Å². The number of benzene rings is 8. The third-order valence-electron chi connectivity index (χ3n) is 11.5. The summed E-state index contributed by atoms with van der Waals surface area (Å²) in [4.78, 5) is 2.44. The number of rotatable bonds is 4. The Morgan fingerprint density at radius 3 is 1.63 bits per heavy atom. The van der Waals surface area contributed by atoms with E-state index in [4.69, 9.17) is 0 Å². The summed E-state index contributed by atoms with van der Waals surface area (Å²) in [5, 5.41) is 5.28. The third-order valence-corrected chi connectivity index (χ3v) is 11.5. The highest BCUT2D eigenvalue weighted by atomic mass is 15.1. The largest absolute Gasteiger partial charge is 0.310 e. The van der Waals surface area contributed by atoms with Gasteiger partial charge < -0.3 is 9.47 Å². The van der Waals surface area contributed by atoms with Gasteiger partial charge in [0, 0.05) is 33.5 Å². The first-order chi connectivity index (χ1) is 25.1. The lowest BCUT2D eigenvalue weighted by Crippen LogP contribution is -2.31. The smallest absolute Gasteiger partial charge is 0.0727 e. The fourth-order valence-electron chi connectivity index (χ4n) is 9.39. The molecule has 0 bridgehead atoms. The number of hydrogen-bond acceptors (Lipinski definition) is 1. The second kappa shape index (κ2) is 10.3. The van der Waals surface area contributed by atoms with Crippen molar-refractivity contribution in [3.05, 3.63) is 203 Å². The van der Waals surface area contributed by atoms with Crippen LogP contribution in [0.5, 0.6) is 0 Å². The molecule has 2 aliphatic carbocycles. The van der Waals surface area contributed by atoms with Crippen LogP contribution < -0.4 is 4.90 Å². The van der Waals surface area contributed by atoms with E-state index in [2.05, 4.69) is 193 Å². The summed E-state index contributed by atoms with van der Waals surface area (Å²) in [6, 6.07) is 63.6. The first-order valence-corrected chi connectivity index (χ1v) is 17.9. The zero-order valence-corrected chi connectivity index (χ0v) is 28.6. The average molecular weight is 651 g/mol. The van der Waals surface area contributed by atoms with Crippen LogP contribution in [0, 0.1) is 13.8 Å². The molecule has 2 heteroatoms. The average Bonchev–Trinajstić information content (AvgIpc) is 3.67. The second-order valence-corrected chi connectivity index (χ2v) is 14.3. The van der Waals surface area contributed by atoms with E-state index in [0.717, 1.165) is 17.1 Å². The molecule has 9 aromatic rings. The highest BCUT2D eigenvalue weighted by molar-refractivity contribution is 6.27. The van der Waals surface area contributed by atoms with Gasteiger partial charge in [-0.05, 0) is 119 Å². The minimum absolute atomic E-state index is 0.503. The molecule has 0 aliphatic heterocycles. The molecule has 0 fully saturated rings. The number of hydrogen-bond donors (Lipinski definition) is 0. The molecule has 0 radical (unpaired) electrons. The molecule has 0 saturated heterocycles. The van der Waals surface area contributed by atoms with E-state index < -0.39 is 5.41 Å². The zero-order valence-electron chi connectivity index (χ0n) is 28.6. The molecule has 0 unspecified atom stereocenters. The first kappa shape index (κ1) is 28.5. The summed E-state index contributed by atoms with van der Waals surface area (Å²) in [7, 11) is 0. The number of aromatic nitrogens is 1. The summed E-state index contributed by atoms with van der Waals surface area (Å²) in [5.74, 6) is 0. The van der Waals surface area contributed by atoms with Crippen LogP contribution >= 0.6 is 0 Å². The quantitative estimate of drug-likeness (QED) is 0.184. The highest BCUT2D eigenvalue weighted by Gasteiger charge is 2.50. The van der Waals surface area contributed by atoms with E-state index in [9.17, 15) is 0 Å². The summed E-state index contributed by atoms with van der Waals surface area (Å²) < 4.78 is 2.47. The van der Waals surface area contributed by atoms with Gasteiger partial charge in [0.05, 0.1) is 16.4 Å². The normalized spacial score (nSPS) is 13.5. The number of fused-ring (bicyclic) bond motifs is 7. The summed E-state index contributed by atoms with van der Waals surface area (Å²) in [6.07, 6.45) is 0. The van der Waals surface area contributed by atoms with Crippen LogP contribution in [0.4, 0.5) is 17.1 Å². The third kappa shape index (κ3) is 3.71. The minimum Gasteiger partial charge on any atom is -0.310 e. The van der Waals surface area contributed by atoms with Gasteiger partial charge in [-0.3, -0.25) is 0 Å². The Labute approximate surface area is 297 Å². The molecule has 8 aromatic carbocycles. The van der Waals surface area contributed by atoms with Crippen molar-refractivity contribution >= 4 is 49.6 Å². The van der Waals surface area contributed by atoms with Gasteiger partial charge in [0.15, 0.2) is 0 Å². The molecule has 0 atom stereocenters. The molecule has 240 valence electrons. The van der Waals surface area contributed by atoms with Gasteiger partial charge in [0.1, 0.15) is 0 Å². The lowest BCUT2D eigenvalue weighted by Gasteiger charge is -2.39. The summed E-state index contributed by atoms with van der Waals surface area (Å²) in [5.41, 5.74) is 17.1. The van der Waals surface area contributed by atoms with Gasteiger partial charge in [0.25, 0.3) is 0 Å². The zero-order chi connectivity index (χ0) is 33.8. The van der Waals surface area contributed by atoms with Crippen molar-refractivity contribution < 1.29 is 0 Å². The summed E-state index contributed by atoms with van der Waals surface area (Å²) in [6.45, 7) is 4.31. The number of nitrogens with zero attached hydrogens (tertiary/aromatic N) is 2. The monoisotopic (exact) mass is 650 g/mol. The molecule has 2 nitrogen and oxygen atoms in total. The van der Waals surface area contributed by atoms with Gasteiger partial charge >= 0.3 is 0 Å². The van der Waals surface area contributed by atoms with E-state index in [0.29, 0.717) is 0 Å². The highest BCUT2D eigenvalue weighted by Crippen LogP contribution is 2.62. The Bertz CT molecular complexity index is 2770. The molecule has 0 N–H and O–H groups in total. The Balaban J connectivity index is 1.34. The second-order valence-electron chi connectivity index (χ2n) is 14.3. The molecule has 0 saturated carbocycles. The number of para-hydroxylation sites is 1. The molecule has 0 amide bonds. The van der Waals surface area contributed by atoms with Gasteiger partial charge in [-0.25, -0.2) is 0 Å². The van der Waals surface area contributed by atoms with Crippen molar-refractivity contribution in [2.75, 3.05) is 4.90 Å². The topological polar surface area (TPSA) is 8.17 Å². The van der Waals surface area contributed by atoms with Crippen LogP contribution in [0.15, 0.2) is 170 Å². The van der Waals surface area contributed by atoms with E-state index in [1.54, 1.807) is 0 Å². The van der Waals surface area contributed by atoms with E-state index in [-0.39, 0.29) is 0 Å². The van der Waals surface area contributed by atoms with E-state index in [1.807, 2.05) is 0 Å². The predicted octanol–water partition coefficient (Wildman–Crippen LogP) is 12.7. The lowest BCUT2D eigenvalue weighted by molar-refractivity contribution is 0.783. The fourth-order valence-corrected chi connectivity index (χ4v) is 9.39. The fraction of sp³-hybridized carbons (Fsp3) is 0.0612. The van der Waals surface area contributed by atoms with Crippen molar-refractivity contribution in [2.45, 2.75) is 19.3 Å². The standard InChI is InChI=1S/C49H34N2/c1-31-19-24-35(25-20-31)50(36-26-21-32(2)22-27-36)37-29-33-23-28-45-48-46(33)43(30-37)49(40-15-8-6-13-38(40)39-14-7-9-16-41(39)49)42-17-10-18-44(47(42)48)51(45)34-11-4-3-5-12-34/h3-30H,1-2H3. The maximum absolute atomic E-state index is 2.52. The molecule has 51 heavy (non-hydrogen) atoms. The number of anilines is 3. The summed E-state index contributed by atoms with van der Waals surface area (Å²) >= 11 is 0. The van der Waals surface area contributed by atoms with Crippen LogP contribution in [0.1, 0.15) is 33.4 Å². The van der Waals surface area contributed by atoms with Crippen LogP contribution in [-0.4, -0.2) is 4.57 Å². The van der Waals surface area contributed by atoms with Crippen molar-refractivity contribution in [1.29, 1.82) is 0 Å². The van der Waals surface area contributed by atoms with Gasteiger partial charge in [-0.1, -0.05) is 120 Å². The van der Waals surface area contributed by atoms with Crippen molar-refractivity contribution in [3.63, 3.8) is 0 Å². The Morgan fingerprint density at radius 1 is 0.412 bits per heavy atom. The van der Waals surface area contributed by atoms with Crippen LogP contribution in [0.2, 0.25) is 0 Å². The molecule has 2 aliphatic rings.